The Morgan fingerprint density at radius 1 is 0.726 bits per heavy atom. The van der Waals surface area contributed by atoms with E-state index in [-0.39, 0.29) is 50.3 Å². The lowest BCUT2D eigenvalue weighted by Crippen LogP contribution is -2.61. The van der Waals surface area contributed by atoms with Crippen LogP contribution in [0.1, 0.15) is 167 Å². The number of esters is 1. The van der Waals surface area contributed by atoms with E-state index >= 15 is 0 Å². The summed E-state index contributed by atoms with van der Waals surface area (Å²) in [6.45, 7) is 31.1. The van der Waals surface area contributed by atoms with Crippen LogP contribution in [-0.4, -0.2) is 165 Å². The van der Waals surface area contributed by atoms with Crippen molar-refractivity contribution >= 4 is 35.1 Å². The van der Waals surface area contributed by atoms with E-state index in [0.29, 0.717) is 12.8 Å². The van der Waals surface area contributed by atoms with Gasteiger partial charge in [-0.15, -0.1) is 0 Å². The molecule has 1 amide bonds. The molecule has 5 N–H and O–H groups in total. The Bertz CT molecular complexity index is 2480. The quantitative estimate of drug-likeness (QED) is 0.0490. The molecule has 6 rings (SSSR count). The van der Waals surface area contributed by atoms with Crippen molar-refractivity contribution < 1.29 is 58.8 Å². The van der Waals surface area contributed by atoms with E-state index in [1.807, 2.05) is 46.7 Å². The number of aryl methyl sites for hydroxylation is 6. The number of aliphatic hydroxyl groups excluding tert-OH is 3. The lowest BCUT2D eigenvalue weighted by atomic mass is 9.68. The molecule has 0 radical (unpaired) electrons. The lowest BCUT2D eigenvalue weighted by Gasteiger charge is -2.51. The molecule has 3 heterocycles. The Morgan fingerprint density at radius 2 is 1.23 bits per heavy atom. The number of unbranched alkanes of at least 4 members (excludes halogenated alkanes) is 4. The monoisotopic (exact) mass is 1190 g/mol. The Hall–Kier alpha value is -3.37. The fraction of sp³-hybridized carbons (Fsp3) is 0.710. The molecule has 0 saturated carbocycles. The third kappa shape index (κ3) is 15.9. The molecule has 14 nitrogen and oxygen atoms in total. The van der Waals surface area contributed by atoms with Gasteiger partial charge in [-0.05, 0) is 217 Å². The van der Waals surface area contributed by atoms with E-state index in [1.54, 1.807) is 39.5 Å². The largest absolute Gasteiger partial charge is 0.459 e. The average Bonchev–Trinajstić information content (AvgIpc) is 1.03. The predicted molar refractivity (Wildman–Crippen MR) is 338 cm³/mol. The van der Waals surface area contributed by atoms with Gasteiger partial charge in [-0.1, -0.05) is 58.7 Å². The van der Waals surface area contributed by atoms with Crippen molar-refractivity contribution in [2.45, 2.75) is 259 Å². The molecule has 1 unspecified atom stereocenters. The number of benzene rings is 3. The van der Waals surface area contributed by atoms with Gasteiger partial charge in [0.25, 0.3) is 0 Å². The smallest absolute Gasteiger partial charge is 0.309 e. The lowest BCUT2D eigenvalue weighted by molar-refractivity contribution is -0.302. The van der Waals surface area contributed by atoms with Crippen molar-refractivity contribution in [3.63, 3.8) is 0 Å². The van der Waals surface area contributed by atoms with E-state index in [9.17, 15) is 35.1 Å². The topological polar surface area (TPSA) is 188 Å². The van der Waals surface area contributed by atoms with Gasteiger partial charge in [-0.2, -0.15) is 0 Å². The minimum absolute atomic E-state index is 0.0938. The standard InChI is InChI=1S/C69H110N2O12P/c1-20-58-69(16,78)62(74)51(12)71(59(72)26-24-22-21-23-25-27-84(53-31-41(2)28-42(3)32-53,54-33-43(4)29-44(5)34-54)55-35-45(6)30-46(7)36-55)40-47(8)38-67(14,77)64(83-66-61(73)56(70(17)18)37-48(9)80-66)49(10)60(50(11)65(76)82-58)57-39-68(15,79-19)63(75)52(13)81-57/h28-36,47-52,56-58,60-64,66,73-75,77-78H,20-27,37-40H2,1-19H3/q+1/t47-,48-,49+,50-,51-,52+,56+,57?,58-,60+,61-,62-,63+,64-,66+,67-,68-,69-/m1/s1. The van der Waals surface area contributed by atoms with Crippen molar-refractivity contribution in [1.82, 2.24) is 9.80 Å². The Labute approximate surface area is 506 Å². The molecule has 3 aromatic rings. The van der Waals surface area contributed by atoms with E-state index in [0.717, 1.165) is 31.8 Å². The van der Waals surface area contributed by atoms with Gasteiger partial charge in [-0.3, -0.25) is 9.59 Å². The number of rotatable bonds is 17. The molecule has 15 heteroatoms. The van der Waals surface area contributed by atoms with Gasteiger partial charge in [0, 0.05) is 38.5 Å². The molecular weight excluding hydrogens is 1080 g/mol. The first-order valence-electron chi connectivity index (χ1n) is 31.5. The number of cyclic esters (lactones) is 1. The third-order valence-electron chi connectivity index (χ3n) is 19.4. The van der Waals surface area contributed by atoms with Crippen LogP contribution in [0, 0.1) is 65.2 Å². The van der Waals surface area contributed by atoms with Gasteiger partial charge < -0.3 is 59.0 Å². The molecule has 84 heavy (non-hydrogen) atoms. The van der Waals surface area contributed by atoms with Crippen molar-refractivity contribution in [3.8, 4) is 0 Å². The Kier molecular flexibility index (Phi) is 23.9. The predicted octanol–water partition coefficient (Wildman–Crippen LogP) is 9.26. The first-order valence-corrected chi connectivity index (χ1v) is 33.5. The molecule has 0 aromatic heterocycles. The van der Waals surface area contributed by atoms with Crippen molar-refractivity contribution in [1.29, 1.82) is 0 Å². The maximum Gasteiger partial charge on any atom is 0.309 e. The summed E-state index contributed by atoms with van der Waals surface area (Å²) in [5.74, 6) is -3.70. The summed E-state index contributed by atoms with van der Waals surface area (Å²) in [6, 6.07) is 20.0. The number of hydrogen-bond donors (Lipinski definition) is 5. The van der Waals surface area contributed by atoms with E-state index < -0.39 is 109 Å². The van der Waals surface area contributed by atoms with Crippen LogP contribution >= 0.6 is 7.26 Å². The maximum atomic E-state index is 14.9. The zero-order valence-corrected chi connectivity index (χ0v) is 55.7. The molecule has 472 valence electrons. The fourth-order valence-electron chi connectivity index (χ4n) is 15.0. The molecule has 0 spiro atoms. The number of methoxy groups -OCH3 is 1. The van der Waals surface area contributed by atoms with Gasteiger partial charge in [0.1, 0.15) is 53.2 Å². The van der Waals surface area contributed by atoms with E-state index in [4.69, 9.17) is 23.7 Å². The van der Waals surface area contributed by atoms with Crippen LogP contribution in [0.25, 0.3) is 0 Å². The molecule has 3 aliphatic rings. The number of nitrogens with zero attached hydrogens (tertiary/aromatic N) is 2. The summed E-state index contributed by atoms with van der Waals surface area (Å²) >= 11 is 0. The number of hydrogen-bond acceptors (Lipinski definition) is 13. The van der Waals surface area contributed by atoms with Crippen molar-refractivity contribution in [2.75, 3.05) is 33.9 Å². The summed E-state index contributed by atoms with van der Waals surface area (Å²) < 4.78 is 32.3. The van der Waals surface area contributed by atoms with Gasteiger partial charge >= 0.3 is 5.97 Å². The average molecular weight is 1190 g/mol. The molecule has 0 bridgehead atoms. The number of carbonyl (C=O) groups is 2. The maximum absolute atomic E-state index is 14.9. The highest BCUT2D eigenvalue weighted by molar-refractivity contribution is 7.95. The summed E-state index contributed by atoms with van der Waals surface area (Å²) in [5, 5.41) is 65.6. The number of ether oxygens (including phenoxy) is 5. The van der Waals surface area contributed by atoms with Gasteiger partial charge in [0.2, 0.25) is 5.91 Å². The molecule has 3 aliphatic heterocycles. The van der Waals surface area contributed by atoms with Gasteiger partial charge in [-0.25, -0.2) is 0 Å². The first-order chi connectivity index (χ1) is 39.2. The number of carbonyl (C=O) groups excluding carboxylic acids is 2. The van der Waals surface area contributed by atoms with Crippen LogP contribution in [0.5, 0.6) is 0 Å². The summed E-state index contributed by atoms with van der Waals surface area (Å²) in [5.41, 5.74) is 2.81. The summed E-state index contributed by atoms with van der Waals surface area (Å²) in [7, 11) is 3.20. The molecular formula is C69H110N2O12P+. The first kappa shape index (κ1) is 69.7. The van der Waals surface area contributed by atoms with Crippen LogP contribution in [0.3, 0.4) is 0 Å². The third-order valence-corrected chi connectivity index (χ3v) is 23.8. The van der Waals surface area contributed by atoms with Gasteiger partial charge in [0.05, 0.1) is 53.7 Å². The number of amides is 1. The highest BCUT2D eigenvalue weighted by atomic mass is 31.2. The Balaban J connectivity index is 1.29. The minimum atomic E-state index is -2.13. The van der Waals surface area contributed by atoms with Crippen molar-refractivity contribution in [2.24, 2.45) is 23.7 Å². The SMILES string of the molecule is CC[C@H]1OC(=O)[C@H](C)[C@@H](C2C[C@@](C)(OC)[C@@H](O)[C@H](C)O2)[C@H](C)[C@@H](O[C@@H]2O[C@H](C)C[C@H](N(C)C)[C@H]2O)[C@](C)(O)C[C@@H](C)CN(C(=O)CCCCCCC[P+](c2cc(C)cc(C)c2)(c2cc(C)cc(C)c2)c2cc(C)cc(C)c2)[C@H](C)[C@@H](O)[C@]1(C)O. The second kappa shape index (κ2) is 28.9. The zero-order valence-electron chi connectivity index (χ0n) is 54.8. The van der Waals surface area contributed by atoms with Crippen LogP contribution in [0.2, 0.25) is 0 Å². The van der Waals surface area contributed by atoms with Crippen LogP contribution in [0.15, 0.2) is 54.6 Å². The molecule has 3 fully saturated rings. The van der Waals surface area contributed by atoms with Gasteiger partial charge in [0.15, 0.2) is 6.29 Å². The molecule has 18 atom stereocenters. The second-order valence-corrected chi connectivity index (χ2v) is 31.1. The highest BCUT2D eigenvalue weighted by Gasteiger charge is 2.56. The number of aliphatic hydroxyl groups is 5. The van der Waals surface area contributed by atoms with E-state index in [2.05, 4.69) is 96.1 Å². The van der Waals surface area contributed by atoms with E-state index in [1.165, 1.54) is 63.3 Å². The minimum Gasteiger partial charge on any atom is -0.459 e. The highest BCUT2D eigenvalue weighted by Crippen LogP contribution is 2.57. The van der Waals surface area contributed by atoms with Crippen LogP contribution in [-0.2, 0) is 33.3 Å². The summed E-state index contributed by atoms with van der Waals surface area (Å²) in [4.78, 5) is 33.4. The normalized spacial score (nSPS) is 35.1. The molecule has 3 aromatic carbocycles. The van der Waals surface area contributed by atoms with Crippen molar-refractivity contribution in [3.05, 3.63) is 88.0 Å². The summed E-state index contributed by atoms with van der Waals surface area (Å²) in [6.07, 6.45) is -2.31. The number of likely N-dealkylation sites (N-methyl/N-ethyl adjacent to an activating group) is 1. The second-order valence-electron chi connectivity index (χ2n) is 27.4. The van der Waals surface area contributed by atoms with Crippen LogP contribution in [0.4, 0.5) is 0 Å². The fourth-order valence-corrected chi connectivity index (χ4v) is 19.9. The molecule has 0 aliphatic carbocycles. The Morgan fingerprint density at radius 3 is 1.71 bits per heavy atom. The van der Waals surface area contributed by atoms with Crippen LogP contribution < -0.4 is 15.9 Å². The zero-order chi connectivity index (χ0) is 62.6. The molecule has 3 saturated heterocycles.